The fourth-order valence-corrected chi connectivity index (χ4v) is 4.57. The maximum Gasteiger partial charge on any atom is 0.407 e. The molecule has 2 amide bonds. The molecule has 2 aromatic rings. The molecule has 0 saturated heterocycles. The number of amides is 2. The molecule has 2 aromatic carbocycles. The van der Waals surface area contributed by atoms with Gasteiger partial charge in [0.2, 0.25) is 0 Å². The van der Waals surface area contributed by atoms with Gasteiger partial charge in [0.05, 0.1) is 0 Å². The van der Waals surface area contributed by atoms with E-state index in [0.717, 1.165) is 22.3 Å². The second-order valence-electron chi connectivity index (χ2n) is 8.86. The summed E-state index contributed by atoms with van der Waals surface area (Å²) in [6.07, 6.45) is -1.30. The zero-order valence-corrected chi connectivity index (χ0v) is 20.3. The minimum absolute atomic E-state index is 0.102. The molecule has 0 saturated carbocycles. The minimum atomic E-state index is -1.15. The molecule has 1 aliphatic carbocycles. The number of thioether (sulfide) groups is 1. The molecule has 9 heteroatoms. The Hall–Kier alpha value is -3.20. The molecular formula is C25H30N2O6S. The van der Waals surface area contributed by atoms with E-state index >= 15 is 0 Å². The molecule has 0 radical (unpaired) electrons. The quantitative estimate of drug-likeness (QED) is 0.454. The lowest BCUT2D eigenvalue weighted by Crippen LogP contribution is -2.43. The highest BCUT2D eigenvalue weighted by molar-refractivity contribution is 7.99. The number of alkyl carbamates (subject to hydrolysis) is 2. The van der Waals surface area contributed by atoms with Crippen molar-refractivity contribution in [2.24, 2.45) is 0 Å². The zero-order valence-electron chi connectivity index (χ0n) is 19.5. The van der Waals surface area contributed by atoms with Crippen LogP contribution in [0.25, 0.3) is 11.1 Å². The van der Waals surface area contributed by atoms with Crippen molar-refractivity contribution in [2.45, 2.75) is 38.3 Å². The van der Waals surface area contributed by atoms with Crippen LogP contribution in [0.3, 0.4) is 0 Å². The molecule has 0 spiro atoms. The van der Waals surface area contributed by atoms with Crippen molar-refractivity contribution >= 4 is 29.9 Å². The van der Waals surface area contributed by atoms with Crippen LogP contribution in [0.5, 0.6) is 0 Å². The maximum atomic E-state index is 12.4. The van der Waals surface area contributed by atoms with E-state index in [2.05, 4.69) is 10.6 Å². The lowest BCUT2D eigenvalue weighted by Gasteiger charge is -2.19. The number of carboxylic acids is 1. The molecule has 0 fully saturated rings. The topological polar surface area (TPSA) is 114 Å². The largest absolute Gasteiger partial charge is 0.480 e. The number of hydrogen-bond acceptors (Lipinski definition) is 6. The van der Waals surface area contributed by atoms with Crippen LogP contribution < -0.4 is 10.6 Å². The number of carbonyl (C=O) groups excluding carboxylic acids is 2. The van der Waals surface area contributed by atoms with E-state index in [9.17, 15) is 19.5 Å². The van der Waals surface area contributed by atoms with E-state index in [1.54, 1.807) is 20.8 Å². The van der Waals surface area contributed by atoms with Crippen LogP contribution in [-0.2, 0) is 14.3 Å². The molecule has 0 aromatic heterocycles. The molecule has 1 aliphatic rings. The van der Waals surface area contributed by atoms with Gasteiger partial charge in [-0.25, -0.2) is 14.4 Å². The van der Waals surface area contributed by atoms with Crippen LogP contribution in [0.4, 0.5) is 9.59 Å². The summed E-state index contributed by atoms with van der Waals surface area (Å²) in [5, 5.41) is 14.5. The number of benzene rings is 2. The van der Waals surface area contributed by atoms with Gasteiger partial charge in [-0.2, -0.15) is 11.8 Å². The van der Waals surface area contributed by atoms with Gasteiger partial charge in [-0.3, -0.25) is 0 Å². The van der Waals surface area contributed by atoms with Crippen molar-refractivity contribution < 1.29 is 29.0 Å². The molecule has 34 heavy (non-hydrogen) atoms. The molecule has 0 bridgehead atoms. The second kappa shape index (κ2) is 11.3. The Balaban J connectivity index is 1.46. The minimum Gasteiger partial charge on any atom is -0.480 e. The highest BCUT2D eigenvalue weighted by Crippen LogP contribution is 2.44. The third-order valence-corrected chi connectivity index (χ3v) is 6.19. The van der Waals surface area contributed by atoms with E-state index in [0.29, 0.717) is 12.3 Å². The number of hydrogen-bond donors (Lipinski definition) is 3. The summed E-state index contributed by atoms with van der Waals surface area (Å²) in [6.45, 7) is 5.74. The number of carboxylic acid groups (broad SMARTS) is 1. The van der Waals surface area contributed by atoms with Crippen molar-refractivity contribution in [1.29, 1.82) is 0 Å². The summed E-state index contributed by atoms with van der Waals surface area (Å²) in [4.78, 5) is 35.6. The SMILES string of the molecule is CC(C)(C)OC(=O)NCCSC[C@H](NC(=O)OCC1c2ccccc2-c2ccccc21)C(=O)O. The zero-order chi connectivity index (χ0) is 24.7. The molecule has 182 valence electrons. The Morgan fingerprint density at radius 3 is 2.15 bits per heavy atom. The number of aliphatic carboxylic acids is 1. The number of rotatable bonds is 9. The summed E-state index contributed by atoms with van der Waals surface area (Å²) >= 11 is 1.30. The van der Waals surface area contributed by atoms with Crippen LogP contribution in [-0.4, -0.2) is 59.6 Å². The Kier molecular flexibility index (Phi) is 8.44. The van der Waals surface area contributed by atoms with Crippen molar-refractivity contribution in [1.82, 2.24) is 10.6 Å². The summed E-state index contributed by atoms with van der Waals surface area (Å²) in [5.74, 6) is -0.652. The lowest BCUT2D eigenvalue weighted by atomic mass is 9.98. The van der Waals surface area contributed by atoms with E-state index < -0.39 is 29.8 Å². The third kappa shape index (κ3) is 6.90. The molecule has 0 heterocycles. The number of nitrogens with one attached hydrogen (secondary N) is 2. The van der Waals surface area contributed by atoms with E-state index in [1.165, 1.54) is 11.8 Å². The second-order valence-corrected chi connectivity index (χ2v) is 10.0. The Labute approximate surface area is 203 Å². The van der Waals surface area contributed by atoms with Crippen molar-refractivity contribution in [2.75, 3.05) is 24.7 Å². The van der Waals surface area contributed by atoms with Crippen LogP contribution >= 0.6 is 11.8 Å². The predicted octanol–water partition coefficient (Wildman–Crippen LogP) is 4.24. The third-order valence-electron chi connectivity index (χ3n) is 5.13. The Morgan fingerprint density at radius 1 is 1.00 bits per heavy atom. The van der Waals surface area contributed by atoms with Gasteiger partial charge in [0.1, 0.15) is 18.2 Å². The number of ether oxygens (including phenoxy) is 2. The van der Waals surface area contributed by atoms with Crippen molar-refractivity contribution in [3.05, 3.63) is 59.7 Å². The standard InChI is InChI=1S/C25H30N2O6S/c1-25(2,3)33-23(30)26-12-13-34-15-21(22(28)29)27-24(31)32-14-20-18-10-6-4-8-16(18)17-9-5-7-11-19(17)20/h4-11,20-21H,12-15H2,1-3H3,(H,26,30)(H,27,31)(H,28,29)/t21-/m0/s1. The first-order chi connectivity index (χ1) is 16.2. The van der Waals surface area contributed by atoms with Gasteiger partial charge in [-0.1, -0.05) is 48.5 Å². The summed E-state index contributed by atoms with van der Waals surface area (Å²) in [7, 11) is 0. The van der Waals surface area contributed by atoms with Gasteiger partial charge in [-0.15, -0.1) is 0 Å². The number of fused-ring (bicyclic) bond motifs is 3. The summed E-state index contributed by atoms with van der Waals surface area (Å²) < 4.78 is 10.6. The predicted molar refractivity (Wildman–Crippen MR) is 131 cm³/mol. The van der Waals surface area contributed by atoms with Gasteiger partial charge >= 0.3 is 18.2 Å². The van der Waals surface area contributed by atoms with Gasteiger partial charge < -0.3 is 25.2 Å². The highest BCUT2D eigenvalue weighted by Gasteiger charge is 2.29. The van der Waals surface area contributed by atoms with Gasteiger partial charge in [0.25, 0.3) is 0 Å². The van der Waals surface area contributed by atoms with Crippen LogP contribution in [0, 0.1) is 0 Å². The summed E-state index contributed by atoms with van der Waals surface area (Å²) in [6, 6.07) is 14.9. The fourth-order valence-electron chi connectivity index (χ4n) is 3.70. The number of carbonyl (C=O) groups is 3. The first kappa shape index (κ1) is 25.4. The average Bonchev–Trinajstić information content (AvgIpc) is 3.09. The molecular weight excluding hydrogens is 456 g/mol. The van der Waals surface area contributed by atoms with E-state index in [4.69, 9.17) is 9.47 Å². The van der Waals surface area contributed by atoms with Gasteiger partial charge in [-0.05, 0) is 43.0 Å². The molecule has 3 N–H and O–H groups in total. The van der Waals surface area contributed by atoms with Crippen molar-refractivity contribution in [3.8, 4) is 11.1 Å². The smallest absolute Gasteiger partial charge is 0.407 e. The molecule has 1 atom stereocenters. The van der Waals surface area contributed by atoms with Crippen LogP contribution in [0.2, 0.25) is 0 Å². The Bertz CT molecular complexity index is 991. The normalized spacial score (nSPS) is 13.4. The summed E-state index contributed by atoms with van der Waals surface area (Å²) in [5.41, 5.74) is 3.82. The average molecular weight is 487 g/mol. The van der Waals surface area contributed by atoms with Crippen molar-refractivity contribution in [3.63, 3.8) is 0 Å². The molecule has 0 aliphatic heterocycles. The first-order valence-electron chi connectivity index (χ1n) is 11.0. The van der Waals surface area contributed by atoms with E-state index in [-0.39, 0.29) is 18.3 Å². The van der Waals surface area contributed by atoms with Crippen LogP contribution in [0.1, 0.15) is 37.8 Å². The fraction of sp³-hybridized carbons (Fsp3) is 0.400. The van der Waals surface area contributed by atoms with Gasteiger partial charge in [0.15, 0.2) is 0 Å². The maximum absolute atomic E-state index is 12.4. The first-order valence-corrected chi connectivity index (χ1v) is 12.2. The monoisotopic (exact) mass is 486 g/mol. The highest BCUT2D eigenvalue weighted by atomic mass is 32.2. The lowest BCUT2D eigenvalue weighted by molar-refractivity contribution is -0.138. The molecule has 0 unspecified atom stereocenters. The molecule has 8 nitrogen and oxygen atoms in total. The molecule has 3 rings (SSSR count). The van der Waals surface area contributed by atoms with Gasteiger partial charge in [0, 0.05) is 24.0 Å². The van der Waals surface area contributed by atoms with Crippen LogP contribution in [0.15, 0.2) is 48.5 Å². The Morgan fingerprint density at radius 2 is 1.59 bits per heavy atom. The van der Waals surface area contributed by atoms with E-state index in [1.807, 2.05) is 48.5 Å².